The minimum atomic E-state index is -1.07. The third-order valence-corrected chi connectivity index (χ3v) is 2.88. The van der Waals surface area contributed by atoms with E-state index in [9.17, 15) is 13.6 Å². The molecule has 0 bridgehead atoms. The van der Waals surface area contributed by atoms with Crippen molar-refractivity contribution < 1.29 is 13.6 Å². The normalized spacial score (nSPS) is 10.8. The molecule has 1 N–H and O–H groups in total. The summed E-state index contributed by atoms with van der Waals surface area (Å²) in [5.41, 5.74) is 1.87. The summed E-state index contributed by atoms with van der Waals surface area (Å²) in [5.74, 6) is -2.63. The van der Waals surface area contributed by atoms with Crippen LogP contribution in [0.3, 0.4) is 0 Å². The van der Waals surface area contributed by atoms with Crippen molar-refractivity contribution >= 4 is 17.2 Å². The largest absolute Gasteiger partial charge is 0.319 e. The molecule has 21 heavy (non-hydrogen) atoms. The van der Waals surface area contributed by atoms with Gasteiger partial charge < -0.3 is 5.32 Å². The molecule has 1 aromatic carbocycles. The van der Waals surface area contributed by atoms with Crippen LogP contribution in [0.1, 0.15) is 16.1 Å². The van der Waals surface area contributed by atoms with Gasteiger partial charge in [0, 0.05) is 11.6 Å². The molecule has 1 amide bonds. The first-order valence-corrected chi connectivity index (χ1v) is 6.11. The third kappa shape index (κ3) is 2.58. The van der Waals surface area contributed by atoms with E-state index in [1.165, 1.54) is 16.8 Å². The molecule has 0 radical (unpaired) electrons. The molecule has 5 nitrogen and oxygen atoms in total. The van der Waals surface area contributed by atoms with Gasteiger partial charge in [0.1, 0.15) is 0 Å². The van der Waals surface area contributed by atoms with Gasteiger partial charge >= 0.3 is 0 Å². The van der Waals surface area contributed by atoms with Crippen molar-refractivity contribution in [3.8, 4) is 0 Å². The molecule has 3 aromatic rings. The fourth-order valence-electron chi connectivity index (χ4n) is 1.90. The molecule has 0 spiro atoms. The van der Waals surface area contributed by atoms with Crippen LogP contribution in [0.4, 0.5) is 14.5 Å². The van der Waals surface area contributed by atoms with E-state index in [0.717, 1.165) is 17.8 Å². The Kier molecular flexibility index (Phi) is 3.09. The lowest BCUT2D eigenvalue weighted by Gasteiger charge is -2.05. The highest BCUT2D eigenvalue weighted by molar-refractivity contribution is 6.04. The predicted molar refractivity (Wildman–Crippen MR) is 72.0 cm³/mol. The quantitative estimate of drug-likeness (QED) is 0.788. The summed E-state index contributed by atoms with van der Waals surface area (Å²) in [5, 5.41) is 6.73. The molecule has 0 aliphatic carbocycles. The minimum absolute atomic E-state index is 0.0191. The lowest BCUT2D eigenvalue weighted by molar-refractivity contribution is 0.102. The van der Waals surface area contributed by atoms with E-state index in [0.29, 0.717) is 11.3 Å². The van der Waals surface area contributed by atoms with Crippen molar-refractivity contribution in [3.05, 3.63) is 59.6 Å². The molecule has 3 rings (SSSR count). The molecule has 2 aromatic heterocycles. The van der Waals surface area contributed by atoms with Crippen LogP contribution in [-0.2, 0) is 0 Å². The highest BCUT2D eigenvalue weighted by atomic mass is 19.2. The molecule has 0 saturated carbocycles. The molecular formula is C14H10F2N4O. The smallest absolute Gasteiger partial charge is 0.255 e. The average molecular weight is 288 g/mol. The number of anilines is 1. The number of fused-ring (bicyclic) bond motifs is 1. The number of rotatable bonds is 2. The molecule has 0 unspecified atom stereocenters. The summed E-state index contributed by atoms with van der Waals surface area (Å²) >= 11 is 0. The molecule has 7 heteroatoms. The highest BCUT2D eigenvalue weighted by Gasteiger charge is 2.11. The van der Waals surface area contributed by atoms with Gasteiger partial charge in [-0.25, -0.2) is 18.3 Å². The number of halogens is 2. The van der Waals surface area contributed by atoms with Gasteiger partial charge in [-0.05, 0) is 25.1 Å². The van der Waals surface area contributed by atoms with Crippen LogP contribution < -0.4 is 5.32 Å². The number of carbonyl (C=O) groups is 1. The van der Waals surface area contributed by atoms with Crippen LogP contribution in [0.25, 0.3) is 5.65 Å². The van der Waals surface area contributed by atoms with Gasteiger partial charge in [0.2, 0.25) is 0 Å². The second kappa shape index (κ2) is 4.93. The Hall–Kier alpha value is -2.83. The van der Waals surface area contributed by atoms with Crippen LogP contribution in [0.2, 0.25) is 0 Å². The second-order valence-corrected chi connectivity index (χ2v) is 4.51. The predicted octanol–water partition coefficient (Wildman–Crippen LogP) is 2.57. The molecule has 2 heterocycles. The Morgan fingerprint density at radius 1 is 1.24 bits per heavy atom. The van der Waals surface area contributed by atoms with E-state index in [1.807, 2.05) is 6.92 Å². The van der Waals surface area contributed by atoms with Gasteiger partial charge in [-0.2, -0.15) is 5.10 Å². The maximum atomic E-state index is 13.1. The number of nitrogens with one attached hydrogen (secondary N) is 1. The van der Waals surface area contributed by atoms with Crippen LogP contribution in [-0.4, -0.2) is 20.5 Å². The number of aromatic nitrogens is 3. The van der Waals surface area contributed by atoms with Crippen molar-refractivity contribution in [2.45, 2.75) is 6.92 Å². The van der Waals surface area contributed by atoms with E-state index in [1.54, 1.807) is 12.3 Å². The van der Waals surface area contributed by atoms with Gasteiger partial charge in [0.15, 0.2) is 17.3 Å². The molecule has 0 aliphatic rings. The maximum Gasteiger partial charge on any atom is 0.255 e. The fraction of sp³-hybridized carbons (Fsp3) is 0.0714. The molecule has 0 fully saturated rings. The SMILES string of the molecule is Cc1cc2ncc(NC(=O)c3ccc(F)c(F)c3)cn2n1. The van der Waals surface area contributed by atoms with Gasteiger partial charge in [-0.3, -0.25) is 4.79 Å². The van der Waals surface area contributed by atoms with Crippen molar-refractivity contribution in [3.63, 3.8) is 0 Å². The van der Waals surface area contributed by atoms with Crippen molar-refractivity contribution in [2.75, 3.05) is 5.32 Å². The molecule has 0 saturated heterocycles. The Morgan fingerprint density at radius 3 is 2.81 bits per heavy atom. The van der Waals surface area contributed by atoms with E-state index >= 15 is 0 Å². The molecular weight excluding hydrogens is 278 g/mol. The lowest BCUT2D eigenvalue weighted by atomic mass is 10.2. The monoisotopic (exact) mass is 288 g/mol. The zero-order valence-corrected chi connectivity index (χ0v) is 11.0. The fourth-order valence-corrected chi connectivity index (χ4v) is 1.90. The number of carbonyl (C=O) groups excluding carboxylic acids is 1. The van der Waals surface area contributed by atoms with Gasteiger partial charge in [0.25, 0.3) is 5.91 Å². The van der Waals surface area contributed by atoms with Crippen molar-refractivity contribution in [1.29, 1.82) is 0 Å². The number of nitrogens with zero attached hydrogens (tertiary/aromatic N) is 3. The summed E-state index contributed by atoms with van der Waals surface area (Å²) in [6.45, 7) is 1.83. The summed E-state index contributed by atoms with van der Waals surface area (Å²) in [4.78, 5) is 16.1. The first kappa shape index (κ1) is 13.2. The molecule has 106 valence electrons. The van der Waals surface area contributed by atoms with Crippen molar-refractivity contribution in [2.24, 2.45) is 0 Å². The number of amides is 1. The Bertz CT molecular complexity index is 844. The zero-order chi connectivity index (χ0) is 15.0. The van der Waals surface area contributed by atoms with Crippen LogP contribution in [0.15, 0.2) is 36.7 Å². The minimum Gasteiger partial charge on any atom is -0.319 e. The first-order chi connectivity index (χ1) is 10.0. The Morgan fingerprint density at radius 2 is 2.05 bits per heavy atom. The zero-order valence-electron chi connectivity index (χ0n) is 11.0. The first-order valence-electron chi connectivity index (χ1n) is 6.11. The lowest BCUT2D eigenvalue weighted by Crippen LogP contribution is -2.13. The van der Waals surface area contributed by atoms with E-state index in [-0.39, 0.29) is 5.56 Å². The van der Waals surface area contributed by atoms with E-state index < -0.39 is 17.5 Å². The van der Waals surface area contributed by atoms with Crippen LogP contribution >= 0.6 is 0 Å². The van der Waals surface area contributed by atoms with E-state index in [2.05, 4.69) is 15.4 Å². The standard InChI is InChI=1S/C14H10F2N4O/c1-8-4-13-17-6-10(7-20(13)19-8)18-14(21)9-2-3-11(15)12(16)5-9/h2-7H,1H3,(H,18,21). The average Bonchev–Trinajstić information content (AvgIpc) is 2.81. The highest BCUT2D eigenvalue weighted by Crippen LogP contribution is 2.13. The second-order valence-electron chi connectivity index (χ2n) is 4.51. The van der Waals surface area contributed by atoms with Crippen LogP contribution in [0, 0.1) is 18.6 Å². The van der Waals surface area contributed by atoms with Gasteiger partial charge in [0.05, 0.1) is 23.8 Å². The molecule has 0 atom stereocenters. The topological polar surface area (TPSA) is 59.3 Å². The number of benzene rings is 1. The maximum absolute atomic E-state index is 13.1. The van der Waals surface area contributed by atoms with Gasteiger partial charge in [-0.15, -0.1) is 0 Å². The Balaban J connectivity index is 1.86. The summed E-state index contributed by atoms with van der Waals surface area (Å²) < 4.78 is 27.5. The summed E-state index contributed by atoms with van der Waals surface area (Å²) in [6, 6.07) is 4.75. The van der Waals surface area contributed by atoms with Crippen molar-refractivity contribution in [1.82, 2.24) is 14.6 Å². The van der Waals surface area contributed by atoms with E-state index in [4.69, 9.17) is 0 Å². The number of aryl methyl sites for hydroxylation is 1. The third-order valence-electron chi connectivity index (χ3n) is 2.88. The summed E-state index contributed by atoms with van der Waals surface area (Å²) in [6.07, 6.45) is 3.06. The van der Waals surface area contributed by atoms with Gasteiger partial charge in [-0.1, -0.05) is 0 Å². The molecule has 0 aliphatic heterocycles. The number of hydrogen-bond donors (Lipinski definition) is 1. The number of hydrogen-bond acceptors (Lipinski definition) is 3. The Labute approximate surface area is 118 Å². The summed E-state index contributed by atoms with van der Waals surface area (Å²) in [7, 11) is 0. The van der Waals surface area contributed by atoms with Crippen LogP contribution in [0.5, 0.6) is 0 Å².